The summed E-state index contributed by atoms with van der Waals surface area (Å²) in [7, 11) is 0. The second-order valence-corrected chi connectivity index (χ2v) is 4.56. The molecule has 3 heteroatoms. The van der Waals surface area contributed by atoms with Crippen LogP contribution >= 0.6 is 0 Å². The fourth-order valence-electron chi connectivity index (χ4n) is 1.55. The van der Waals surface area contributed by atoms with Crippen LogP contribution in [0.5, 0.6) is 0 Å². The van der Waals surface area contributed by atoms with Gasteiger partial charge in [-0.2, -0.15) is 0 Å². The highest BCUT2D eigenvalue weighted by Crippen LogP contribution is 2.18. The van der Waals surface area contributed by atoms with Gasteiger partial charge in [0.15, 0.2) is 0 Å². The molecule has 0 aliphatic heterocycles. The normalized spacial score (nSPS) is 17.5. The van der Waals surface area contributed by atoms with Gasteiger partial charge in [-0.05, 0) is 25.2 Å². The Kier molecular flexibility index (Phi) is 5.69. The van der Waals surface area contributed by atoms with Gasteiger partial charge in [-0.15, -0.1) is 0 Å². The van der Waals surface area contributed by atoms with Gasteiger partial charge in [-0.1, -0.05) is 20.3 Å². The van der Waals surface area contributed by atoms with Crippen LogP contribution in [0.2, 0.25) is 0 Å². The minimum absolute atomic E-state index is 0.0638. The predicted molar refractivity (Wildman–Crippen MR) is 60.7 cm³/mol. The Morgan fingerprint density at radius 1 is 1.53 bits per heavy atom. The van der Waals surface area contributed by atoms with Crippen molar-refractivity contribution in [3.05, 3.63) is 0 Å². The Labute approximate surface area is 92.6 Å². The minimum Gasteiger partial charge on any atom is -0.465 e. The molecule has 1 atom stereocenters. The SMILES string of the molecule is CCCC(C)COC(=O)CCNC1CC1. The third kappa shape index (κ3) is 6.50. The van der Waals surface area contributed by atoms with Gasteiger partial charge in [0.05, 0.1) is 13.0 Å². The van der Waals surface area contributed by atoms with Crippen LogP contribution in [-0.2, 0) is 9.53 Å². The Morgan fingerprint density at radius 3 is 2.87 bits per heavy atom. The molecule has 1 N–H and O–H groups in total. The number of carbonyl (C=O) groups excluding carboxylic acids is 1. The van der Waals surface area contributed by atoms with Crippen LogP contribution in [0, 0.1) is 5.92 Å². The Bertz CT molecular complexity index is 190. The number of ether oxygens (including phenoxy) is 1. The molecule has 1 unspecified atom stereocenters. The molecular weight excluding hydrogens is 190 g/mol. The van der Waals surface area contributed by atoms with Crippen molar-refractivity contribution in [2.75, 3.05) is 13.2 Å². The summed E-state index contributed by atoms with van der Waals surface area (Å²) in [6.45, 7) is 5.62. The number of hydrogen-bond donors (Lipinski definition) is 1. The number of esters is 1. The van der Waals surface area contributed by atoms with E-state index in [9.17, 15) is 4.79 Å². The predicted octanol–water partition coefficient (Wildman–Crippen LogP) is 2.11. The molecule has 15 heavy (non-hydrogen) atoms. The first-order valence-corrected chi connectivity index (χ1v) is 6.11. The lowest BCUT2D eigenvalue weighted by molar-refractivity contribution is -0.144. The van der Waals surface area contributed by atoms with Crippen LogP contribution in [0.1, 0.15) is 46.0 Å². The Morgan fingerprint density at radius 2 is 2.27 bits per heavy atom. The van der Waals surface area contributed by atoms with Crippen molar-refractivity contribution in [3.8, 4) is 0 Å². The third-order valence-corrected chi connectivity index (χ3v) is 2.65. The maximum absolute atomic E-state index is 11.3. The lowest BCUT2D eigenvalue weighted by Crippen LogP contribution is -2.22. The van der Waals surface area contributed by atoms with E-state index in [1.165, 1.54) is 12.8 Å². The van der Waals surface area contributed by atoms with E-state index in [1.54, 1.807) is 0 Å². The molecule has 0 amide bonds. The van der Waals surface area contributed by atoms with Gasteiger partial charge in [-0.25, -0.2) is 0 Å². The highest BCUT2D eigenvalue weighted by molar-refractivity contribution is 5.69. The van der Waals surface area contributed by atoms with Crippen molar-refractivity contribution in [3.63, 3.8) is 0 Å². The summed E-state index contributed by atoms with van der Waals surface area (Å²) < 4.78 is 5.18. The van der Waals surface area contributed by atoms with Crippen LogP contribution in [0.15, 0.2) is 0 Å². The van der Waals surface area contributed by atoms with Crippen LogP contribution in [-0.4, -0.2) is 25.2 Å². The van der Waals surface area contributed by atoms with Crippen molar-refractivity contribution in [1.82, 2.24) is 5.32 Å². The highest BCUT2D eigenvalue weighted by atomic mass is 16.5. The van der Waals surface area contributed by atoms with E-state index in [-0.39, 0.29) is 5.97 Å². The molecule has 0 aromatic heterocycles. The van der Waals surface area contributed by atoms with Crippen molar-refractivity contribution < 1.29 is 9.53 Å². The van der Waals surface area contributed by atoms with Crippen molar-refractivity contribution in [1.29, 1.82) is 0 Å². The lowest BCUT2D eigenvalue weighted by Gasteiger charge is -2.10. The van der Waals surface area contributed by atoms with E-state index >= 15 is 0 Å². The van der Waals surface area contributed by atoms with Gasteiger partial charge in [0, 0.05) is 12.6 Å². The van der Waals surface area contributed by atoms with E-state index in [2.05, 4.69) is 19.2 Å². The van der Waals surface area contributed by atoms with E-state index in [0.717, 1.165) is 19.4 Å². The standard InChI is InChI=1S/C12H23NO2/c1-3-4-10(2)9-15-12(14)7-8-13-11-5-6-11/h10-11,13H,3-9H2,1-2H3. The molecule has 0 spiro atoms. The Hall–Kier alpha value is -0.570. The molecule has 0 heterocycles. The molecule has 1 saturated carbocycles. The Balaban J connectivity index is 1.92. The zero-order valence-corrected chi connectivity index (χ0v) is 9.92. The largest absolute Gasteiger partial charge is 0.465 e. The van der Waals surface area contributed by atoms with Gasteiger partial charge in [0.1, 0.15) is 0 Å². The van der Waals surface area contributed by atoms with Gasteiger partial charge in [0.2, 0.25) is 0 Å². The summed E-state index contributed by atoms with van der Waals surface area (Å²) >= 11 is 0. The molecule has 0 saturated heterocycles. The summed E-state index contributed by atoms with van der Waals surface area (Å²) in [5.41, 5.74) is 0. The van der Waals surface area contributed by atoms with Crippen LogP contribution in [0.25, 0.3) is 0 Å². The van der Waals surface area contributed by atoms with E-state index in [0.29, 0.717) is 25.0 Å². The molecule has 3 nitrogen and oxygen atoms in total. The van der Waals surface area contributed by atoms with Crippen LogP contribution in [0.3, 0.4) is 0 Å². The van der Waals surface area contributed by atoms with Gasteiger partial charge in [0.25, 0.3) is 0 Å². The maximum Gasteiger partial charge on any atom is 0.307 e. The van der Waals surface area contributed by atoms with Gasteiger partial charge >= 0.3 is 5.97 Å². The topological polar surface area (TPSA) is 38.3 Å². The van der Waals surface area contributed by atoms with Gasteiger partial charge in [-0.3, -0.25) is 4.79 Å². The number of nitrogens with one attached hydrogen (secondary N) is 1. The monoisotopic (exact) mass is 213 g/mol. The first-order valence-electron chi connectivity index (χ1n) is 6.11. The number of carbonyl (C=O) groups is 1. The molecular formula is C12H23NO2. The van der Waals surface area contributed by atoms with E-state index < -0.39 is 0 Å². The second kappa shape index (κ2) is 6.83. The van der Waals surface area contributed by atoms with Crippen molar-refractivity contribution in [2.24, 2.45) is 5.92 Å². The smallest absolute Gasteiger partial charge is 0.307 e. The summed E-state index contributed by atoms with van der Waals surface area (Å²) in [6, 6.07) is 0.678. The molecule has 88 valence electrons. The van der Waals surface area contributed by atoms with Crippen LogP contribution < -0.4 is 5.32 Å². The average Bonchev–Trinajstić information content (AvgIpc) is 2.99. The number of hydrogen-bond acceptors (Lipinski definition) is 3. The summed E-state index contributed by atoms with van der Waals surface area (Å²) in [5, 5.41) is 3.30. The fourth-order valence-corrected chi connectivity index (χ4v) is 1.55. The quantitative estimate of drug-likeness (QED) is 0.628. The summed E-state index contributed by atoms with van der Waals surface area (Å²) in [4.78, 5) is 11.3. The molecule has 0 bridgehead atoms. The zero-order chi connectivity index (χ0) is 11.1. The van der Waals surface area contributed by atoms with Crippen molar-refractivity contribution in [2.45, 2.75) is 52.0 Å². The lowest BCUT2D eigenvalue weighted by atomic mass is 10.1. The van der Waals surface area contributed by atoms with Crippen LogP contribution in [0.4, 0.5) is 0 Å². The molecule has 0 aromatic rings. The molecule has 1 fully saturated rings. The van der Waals surface area contributed by atoms with Crippen molar-refractivity contribution >= 4 is 5.97 Å². The van der Waals surface area contributed by atoms with E-state index in [4.69, 9.17) is 4.74 Å². The minimum atomic E-state index is -0.0638. The molecule has 0 aromatic carbocycles. The molecule has 1 aliphatic carbocycles. The van der Waals surface area contributed by atoms with Gasteiger partial charge < -0.3 is 10.1 Å². The molecule has 1 rings (SSSR count). The zero-order valence-electron chi connectivity index (χ0n) is 9.92. The highest BCUT2D eigenvalue weighted by Gasteiger charge is 2.20. The first-order chi connectivity index (χ1) is 7.22. The second-order valence-electron chi connectivity index (χ2n) is 4.56. The molecule has 0 radical (unpaired) electrons. The maximum atomic E-state index is 11.3. The van der Waals surface area contributed by atoms with E-state index in [1.807, 2.05) is 0 Å². The fraction of sp³-hybridized carbons (Fsp3) is 0.917. The molecule has 1 aliphatic rings. The first kappa shape index (κ1) is 12.5. The summed E-state index contributed by atoms with van der Waals surface area (Å²) in [5.74, 6) is 0.432. The third-order valence-electron chi connectivity index (χ3n) is 2.65. The number of rotatable bonds is 8. The summed E-state index contributed by atoms with van der Waals surface area (Å²) in [6.07, 6.45) is 5.33. The average molecular weight is 213 g/mol.